The number of nitrogens with one attached hydrogen (secondary N) is 3. The number of aliphatic imine (C=N–C) groups is 1. The third-order valence-electron chi connectivity index (χ3n) is 5.54. The maximum absolute atomic E-state index is 5.71. The van der Waals surface area contributed by atoms with Crippen molar-refractivity contribution in [1.29, 1.82) is 0 Å². The second-order valence-corrected chi connectivity index (χ2v) is 7.72. The van der Waals surface area contributed by atoms with E-state index in [1.54, 1.807) is 6.26 Å². The molecule has 7 nitrogen and oxygen atoms in total. The fraction of sp³-hybridized carbons (Fsp3) is 0.478. The van der Waals surface area contributed by atoms with Gasteiger partial charge in [0.1, 0.15) is 11.6 Å². The second-order valence-electron chi connectivity index (χ2n) is 7.72. The molecule has 1 aliphatic heterocycles. The predicted octanol–water partition coefficient (Wildman–Crippen LogP) is 4.10. The molecule has 1 atom stereocenters. The fourth-order valence-corrected chi connectivity index (χ4v) is 4.03. The summed E-state index contributed by atoms with van der Waals surface area (Å²) in [5, 5.41) is 6.82. The number of halogens is 1. The van der Waals surface area contributed by atoms with Gasteiger partial charge in [0.25, 0.3) is 0 Å². The van der Waals surface area contributed by atoms with Gasteiger partial charge in [-0.15, -0.1) is 24.0 Å². The number of aromatic nitrogens is 2. The van der Waals surface area contributed by atoms with E-state index in [4.69, 9.17) is 9.41 Å². The molecule has 0 radical (unpaired) electrons. The predicted molar refractivity (Wildman–Crippen MR) is 136 cm³/mol. The normalized spacial score (nSPS) is 15.7. The summed E-state index contributed by atoms with van der Waals surface area (Å²) < 4.78 is 5.71. The van der Waals surface area contributed by atoms with Gasteiger partial charge in [-0.25, -0.2) is 4.98 Å². The number of H-pyrrole nitrogens is 1. The van der Waals surface area contributed by atoms with Crippen LogP contribution < -0.4 is 10.6 Å². The Labute approximate surface area is 201 Å². The Kier molecular flexibility index (Phi) is 9.20. The SMILES string of the molecule is CCNC(=NCC(c1ccco1)N1CCCC1)NCCCc1nc2ccccc2[nH]1.I. The number of fused-ring (bicyclic) bond motifs is 1. The molecule has 1 unspecified atom stereocenters. The molecule has 2 aromatic heterocycles. The van der Waals surface area contributed by atoms with Crippen molar-refractivity contribution in [3.05, 3.63) is 54.2 Å². The highest BCUT2D eigenvalue weighted by molar-refractivity contribution is 14.0. The summed E-state index contributed by atoms with van der Waals surface area (Å²) in [6, 6.07) is 12.4. The monoisotopic (exact) mass is 536 g/mol. The Morgan fingerprint density at radius 2 is 2.03 bits per heavy atom. The van der Waals surface area contributed by atoms with Crippen LogP contribution in [0.3, 0.4) is 0 Å². The number of rotatable bonds is 9. The van der Waals surface area contributed by atoms with Gasteiger partial charge in [-0.1, -0.05) is 12.1 Å². The van der Waals surface area contributed by atoms with Crippen LogP contribution in [0.15, 0.2) is 52.1 Å². The highest BCUT2D eigenvalue weighted by atomic mass is 127. The molecule has 168 valence electrons. The van der Waals surface area contributed by atoms with Crippen molar-refractivity contribution in [1.82, 2.24) is 25.5 Å². The second kappa shape index (κ2) is 12.1. The number of benzene rings is 1. The third-order valence-corrected chi connectivity index (χ3v) is 5.54. The molecule has 4 rings (SSSR count). The molecule has 0 spiro atoms. The fourth-order valence-electron chi connectivity index (χ4n) is 4.03. The van der Waals surface area contributed by atoms with Crippen molar-refractivity contribution in [3.63, 3.8) is 0 Å². The molecule has 3 aromatic rings. The van der Waals surface area contributed by atoms with Crippen molar-refractivity contribution in [2.75, 3.05) is 32.7 Å². The molecule has 1 aliphatic rings. The van der Waals surface area contributed by atoms with Gasteiger partial charge in [-0.2, -0.15) is 0 Å². The van der Waals surface area contributed by atoms with Crippen LogP contribution in [0, 0.1) is 0 Å². The lowest BCUT2D eigenvalue weighted by Crippen LogP contribution is -2.39. The average Bonchev–Trinajstić information content (AvgIpc) is 3.53. The molecule has 0 bridgehead atoms. The quantitative estimate of drug-likeness (QED) is 0.166. The van der Waals surface area contributed by atoms with Gasteiger partial charge in [-0.05, 0) is 63.5 Å². The van der Waals surface area contributed by atoms with Crippen LogP contribution in [0.25, 0.3) is 11.0 Å². The van der Waals surface area contributed by atoms with E-state index in [9.17, 15) is 0 Å². The highest BCUT2D eigenvalue weighted by Crippen LogP contribution is 2.25. The number of nitrogens with zero attached hydrogens (tertiary/aromatic N) is 3. The zero-order chi connectivity index (χ0) is 20.6. The number of imidazole rings is 1. The molecule has 1 saturated heterocycles. The Bertz CT molecular complexity index is 900. The maximum atomic E-state index is 5.71. The number of hydrogen-bond acceptors (Lipinski definition) is 4. The van der Waals surface area contributed by atoms with Crippen LogP contribution in [0.2, 0.25) is 0 Å². The first kappa shape index (κ1) is 23.6. The molecule has 0 aliphatic carbocycles. The molecule has 0 saturated carbocycles. The zero-order valence-electron chi connectivity index (χ0n) is 18.1. The third kappa shape index (κ3) is 6.46. The number of guanidine groups is 1. The van der Waals surface area contributed by atoms with E-state index in [0.29, 0.717) is 6.54 Å². The molecule has 31 heavy (non-hydrogen) atoms. The summed E-state index contributed by atoms with van der Waals surface area (Å²) in [5.74, 6) is 2.89. The summed E-state index contributed by atoms with van der Waals surface area (Å²) in [5.41, 5.74) is 2.13. The van der Waals surface area contributed by atoms with Gasteiger partial charge >= 0.3 is 0 Å². The largest absolute Gasteiger partial charge is 0.468 e. The van der Waals surface area contributed by atoms with E-state index in [1.165, 1.54) is 12.8 Å². The number of furan rings is 1. The Balaban J connectivity index is 0.00000272. The van der Waals surface area contributed by atoms with Gasteiger partial charge in [0.15, 0.2) is 5.96 Å². The summed E-state index contributed by atoms with van der Waals surface area (Å²) in [6.07, 6.45) is 6.15. The smallest absolute Gasteiger partial charge is 0.191 e. The standard InChI is InChI=1S/C23H32N6O.HI/c1-2-24-23(25-13-7-12-22-27-18-9-3-4-10-19(18)28-22)26-17-20(21-11-8-16-30-21)29-14-5-6-15-29;/h3-4,8-11,16,20H,2,5-7,12-15,17H2,1H3,(H,27,28)(H2,24,25,26);1H. The van der Waals surface area contributed by atoms with E-state index in [2.05, 4.69) is 44.6 Å². The van der Waals surface area contributed by atoms with E-state index in [-0.39, 0.29) is 30.0 Å². The number of para-hydroxylation sites is 2. The van der Waals surface area contributed by atoms with Crippen LogP contribution in [0.1, 0.15) is 43.8 Å². The van der Waals surface area contributed by atoms with Gasteiger partial charge in [0.2, 0.25) is 0 Å². The summed E-state index contributed by atoms with van der Waals surface area (Å²) in [4.78, 5) is 15.4. The van der Waals surface area contributed by atoms with Crippen LogP contribution >= 0.6 is 24.0 Å². The van der Waals surface area contributed by atoms with E-state index >= 15 is 0 Å². The van der Waals surface area contributed by atoms with E-state index < -0.39 is 0 Å². The average molecular weight is 536 g/mol. The molecule has 0 amide bonds. The number of likely N-dealkylation sites (tertiary alicyclic amines) is 1. The highest BCUT2D eigenvalue weighted by Gasteiger charge is 2.25. The summed E-state index contributed by atoms with van der Waals surface area (Å²) >= 11 is 0. The minimum atomic E-state index is 0. The van der Waals surface area contributed by atoms with Crippen molar-refractivity contribution in [2.45, 2.75) is 38.6 Å². The van der Waals surface area contributed by atoms with Gasteiger partial charge in [0, 0.05) is 19.5 Å². The number of hydrogen-bond donors (Lipinski definition) is 3. The number of aromatic amines is 1. The minimum Gasteiger partial charge on any atom is -0.468 e. The number of aryl methyl sites for hydroxylation is 1. The minimum absolute atomic E-state index is 0. The topological polar surface area (TPSA) is 81.5 Å². The molecule has 1 aromatic carbocycles. The first-order valence-electron chi connectivity index (χ1n) is 11.1. The van der Waals surface area contributed by atoms with Crippen LogP contribution in [0.5, 0.6) is 0 Å². The van der Waals surface area contributed by atoms with Gasteiger partial charge in [-0.3, -0.25) is 9.89 Å². The van der Waals surface area contributed by atoms with Gasteiger partial charge < -0.3 is 20.0 Å². The Morgan fingerprint density at radius 1 is 1.19 bits per heavy atom. The molecule has 8 heteroatoms. The van der Waals surface area contributed by atoms with Crippen LogP contribution in [-0.4, -0.2) is 53.6 Å². The van der Waals surface area contributed by atoms with Crippen molar-refractivity contribution < 1.29 is 4.42 Å². The first-order chi connectivity index (χ1) is 14.8. The van der Waals surface area contributed by atoms with Crippen molar-refractivity contribution >= 4 is 41.0 Å². The molecule has 3 heterocycles. The lowest BCUT2D eigenvalue weighted by Gasteiger charge is -2.24. The molecular formula is C23H33IN6O. The van der Waals surface area contributed by atoms with E-state index in [0.717, 1.165) is 67.6 Å². The molecular weight excluding hydrogens is 503 g/mol. The molecule has 3 N–H and O–H groups in total. The Hall–Kier alpha value is -2.07. The van der Waals surface area contributed by atoms with Crippen LogP contribution in [-0.2, 0) is 6.42 Å². The summed E-state index contributed by atoms with van der Waals surface area (Å²) in [6.45, 7) is 6.69. The lowest BCUT2D eigenvalue weighted by atomic mass is 10.2. The lowest BCUT2D eigenvalue weighted by molar-refractivity contribution is 0.221. The molecule has 1 fully saturated rings. The van der Waals surface area contributed by atoms with Crippen molar-refractivity contribution in [2.24, 2.45) is 4.99 Å². The Morgan fingerprint density at radius 3 is 2.77 bits per heavy atom. The van der Waals surface area contributed by atoms with Crippen LogP contribution in [0.4, 0.5) is 0 Å². The summed E-state index contributed by atoms with van der Waals surface area (Å²) in [7, 11) is 0. The maximum Gasteiger partial charge on any atom is 0.191 e. The van der Waals surface area contributed by atoms with Gasteiger partial charge in [0.05, 0.1) is 29.9 Å². The van der Waals surface area contributed by atoms with Crippen molar-refractivity contribution in [3.8, 4) is 0 Å². The zero-order valence-corrected chi connectivity index (χ0v) is 20.5. The first-order valence-corrected chi connectivity index (χ1v) is 11.1. The van der Waals surface area contributed by atoms with E-state index in [1.807, 2.05) is 24.3 Å².